The van der Waals surface area contributed by atoms with Gasteiger partial charge in [-0.1, -0.05) is 75.2 Å². The van der Waals surface area contributed by atoms with Crippen LogP contribution in [0, 0.1) is 11.3 Å². The molecule has 0 saturated carbocycles. The fraction of sp³-hybridized carbons (Fsp3) is 0.188. The number of benzene rings is 1. The second-order valence-electron chi connectivity index (χ2n) is 2.99. The first-order chi connectivity index (χ1) is 8.26. The third kappa shape index (κ3) is 16.6. The smallest absolute Gasteiger partial charge is 0.0621 e. The molecule has 0 atom stereocenters. The molecular formula is C16H21N. The van der Waals surface area contributed by atoms with Gasteiger partial charge in [-0.2, -0.15) is 5.26 Å². The summed E-state index contributed by atoms with van der Waals surface area (Å²) in [5.41, 5.74) is 1.17. The van der Waals surface area contributed by atoms with Crippen molar-refractivity contribution in [3.63, 3.8) is 0 Å². The SMILES string of the molecule is C=CC=C.C=Cc1ccccc1.CCCC#N. The van der Waals surface area contributed by atoms with Crippen LogP contribution in [0.25, 0.3) is 6.08 Å². The molecule has 0 spiro atoms. The molecule has 0 amide bonds. The first-order valence-corrected chi connectivity index (χ1v) is 5.54. The van der Waals surface area contributed by atoms with E-state index in [1.54, 1.807) is 12.2 Å². The van der Waals surface area contributed by atoms with E-state index in [0.29, 0.717) is 6.42 Å². The van der Waals surface area contributed by atoms with Gasteiger partial charge in [-0.3, -0.25) is 0 Å². The summed E-state index contributed by atoms with van der Waals surface area (Å²) < 4.78 is 0. The van der Waals surface area contributed by atoms with Crippen molar-refractivity contribution in [2.75, 3.05) is 0 Å². The zero-order valence-corrected chi connectivity index (χ0v) is 10.6. The van der Waals surface area contributed by atoms with Crippen LogP contribution in [0.5, 0.6) is 0 Å². The molecule has 0 aliphatic heterocycles. The van der Waals surface area contributed by atoms with E-state index in [-0.39, 0.29) is 0 Å². The third-order valence-corrected chi connectivity index (χ3v) is 1.56. The van der Waals surface area contributed by atoms with Crippen LogP contribution in [0.15, 0.2) is 62.2 Å². The molecule has 1 heteroatoms. The Morgan fingerprint density at radius 3 is 1.82 bits per heavy atom. The number of rotatable bonds is 3. The molecular weight excluding hydrogens is 206 g/mol. The minimum absolute atomic E-state index is 0.694. The lowest BCUT2D eigenvalue weighted by Gasteiger charge is -1.85. The van der Waals surface area contributed by atoms with E-state index in [0.717, 1.165) is 6.42 Å². The Bertz CT molecular complexity index is 324. The van der Waals surface area contributed by atoms with Crippen LogP contribution in [0.3, 0.4) is 0 Å². The van der Waals surface area contributed by atoms with Crippen molar-refractivity contribution >= 4 is 6.08 Å². The molecule has 0 saturated heterocycles. The highest BCUT2D eigenvalue weighted by Gasteiger charge is 1.75. The molecule has 1 aromatic carbocycles. The fourth-order valence-corrected chi connectivity index (χ4v) is 0.701. The number of nitrogens with zero attached hydrogens (tertiary/aromatic N) is 1. The molecule has 17 heavy (non-hydrogen) atoms. The van der Waals surface area contributed by atoms with Gasteiger partial charge in [-0.15, -0.1) is 0 Å². The number of hydrogen-bond acceptors (Lipinski definition) is 1. The van der Waals surface area contributed by atoms with Gasteiger partial charge in [0.15, 0.2) is 0 Å². The topological polar surface area (TPSA) is 23.8 Å². The second kappa shape index (κ2) is 16.4. The van der Waals surface area contributed by atoms with Gasteiger partial charge in [0.25, 0.3) is 0 Å². The van der Waals surface area contributed by atoms with Crippen molar-refractivity contribution in [1.29, 1.82) is 5.26 Å². The quantitative estimate of drug-likeness (QED) is 0.667. The maximum absolute atomic E-state index is 7.82. The molecule has 0 radical (unpaired) electrons. The minimum Gasteiger partial charge on any atom is -0.198 e. The third-order valence-electron chi connectivity index (χ3n) is 1.56. The van der Waals surface area contributed by atoms with E-state index >= 15 is 0 Å². The van der Waals surface area contributed by atoms with Crippen LogP contribution in [0.1, 0.15) is 25.3 Å². The predicted octanol–water partition coefficient (Wildman–Crippen LogP) is 5.00. The highest BCUT2D eigenvalue weighted by atomic mass is 14.2. The monoisotopic (exact) mass is 227 g/mol. The van der Waals surface area contributed by atoms with Crippen molar-refractivity contribution in [2.24, 2.45) is 0 Å². The van der Waals surface area contributed by atoms with Gasteiger partial charge < -0.3 is 0 Å². The summed E-state index contributed by atoms with van der Waals surface area (Å²) in [6, 6.07) is 12.0. The lowest BCUT2D eigenvalue weighted by Crippen LogP contribution is -1.63. The Morgan fingerprint density at radius 2 is 1.65 bits per heavy atom. The summed E-state index contributed by atoms with van der Waals surface area (Å²) in [7, 11) is 0. The summed E-state index contributed by atoms with van der Waals surface area (Å²) in [6.07, 6.45) is 6.79. The predicted molar refractivity (Wildman–Crippen MR) is 77.4 cm³/mol. The van der Waals surface area contributed by atoms with Crippen LogP contribution in [0.2, 0.25) is 0 Å². The van der Waals surface area contributed by atoms with E-state index in [9.17, 15) is 0 Å². The summed E-state index contributed by atoms with van der Waals surface area (Å²) >= 11 is 0. The van der Waals surface area contributed by atoms with Gasteiger partial charge in [0, 0.05) is 6.42 Å². The molecule has 0 fully saturated rings. The minimum atomic E-state index is 0.694. The second-order valence-corrected chi connectivity index (χ2v) is 2.99. The molecule has 0 bridgehead atoms. The average Bonchev–Trinajstić information content (AvgIpc) is 2.41. The first-order valence-electron chi connectivity index (χ1n) is 5.54. The molecule has 1 aromatic rings. The summed E-state index contributed by atoms with van der Waals surface area (Å²) in [5, 5.41) is 7.82. The number of unbranched alkanes of at least 4 members (excludes halogenated alkanes) is 1. The average molecular weight is 227 g/mol. The largest absolute Gasteiger partial charge is 0.198 e. The zero-order chi connectivity index (χ0) is 13.4. The van der Waals surface area contributed by atoms with Crippen LogP contribution in [-0.4, -0.2) is 0 Å². The van der Waals surface area contributed by atoms with E-state index in [4.69, 9.17) is 5.26 Å². The van der Waals surface area contributed by atoms with Gasteiger partial charge in [-0.25, -0.2) is 0 Å². The Hall–Kier alpha value is -2.07. The molecule has 0 aliphatic carbocycles. The Morgan fingerprint density at radius 1 is 1.12 bits per heavy atom. The van der Waals surface area contributed by atoms with E-state index in [2.05, 4.69) is 19.7 Å². The summed E-state index contributed by atoms with van der Waals surface area (Å²) in [4.78, 5) is 0. The highest BCUT2D eigenvalue weighted by Crippen LogP contribution is 1.97. The maximum Gasteiger partial charge on any atom is 0.0621 e. The molecule has 0 aromatic heterocycles. The van der Waals surface area contributed by atoms with Gasteiger partial charge in [0.05, 0.1) is 6.07 Å². The Labute approximate surface area is 105 Å². The van der Waals surface area contributed by atoms with Crippen molar-refractivity contribution in [3.8, 4) is 6.07 Å². The van der Waals surface area contributed by atoms with E-state index in [1.165, 1.54) is 5.56 Å². The molecule has 0 unspecified atom stereocenters. The van der Waals surface area contributed by atoms with Crippen molar-refractivity contribution in [1.82, 2.24) is 0 Å². The molecule has 1 rings (SSSR count). The number of nitriles is 1. The highest BCUT2D eigenvalue weighted by molar-refractivity contribution is 5.45. The molecule has 90 valence electrons. The molecule has 0 heterocycles. The lowest BCUT2D eigenvalue weighted by molar-refractivity contribution is 0.969. The van der Waals surface area contributed by atoms with Crippen molar-refractivity contribution < 1.29 is 0 Å². The molecule has 0 N–H and O–H groups in total. The van der Waals surface area contributed by atoms with Gasteiger partial charge >= 0.3 is 0 Å². The van der Waals surface area contributed by atoms with Crippen LogP contribution in [0.4, 0.5) is 0 Å². The normalized spacial score (nSPS) is 7.06. The van der Waals surface area contributed by atoms with Crippen LogP contribution >= 0.6 is 0 Å². The lowest BCUT2D eigenvalue weighted by atomic mass is 10.2. The van der Waals surface area contributed by atoms with E-state index in [1.807, 2.05) is 49.4 Å². The van der Waals surface area contributed by atoms with Gasteiger partial charge in [0.2, 0.25) is 0 Å². The van der Waals surface area contributed by atoms with E-state index < -0.39 is 0 Å². The molecule has 1 nitrogen and oxygen atoms in total. The Balaban J connectivity index is 0. The van der Waals surface area contributed by atoms with Crippen LogP contribution in [-0.2, 0) is 0 Å². The van der Waals surface area contributed by atoms with Crippen molar-refractivity contribution in [3.05, 3.63) is 67.8 Å². The maximum atomic E-state index is 7.82. The van der Waals surface area contributed by atoms with Gasteiger partial charge in [-0.05, 0) is 12.0 Å². The zero-order valence-electron chi connectivity index (χ0n) is 10.6. The van der Waals surface area contributed by atoms with Gasteiger partial charge in [0.1, 0.15) is 0 Å². The van der Waals surface area contributed by atoms with Crippen molar-refractivity contribution in [2.45, 2.75) is 19.8 Å². The first kappa shape index (κ1) is 17.3. The molecule has 0 aliphatic rings. The van der Waals surface area contributed by atoms with Crippen LogP contribution < -0.4 is 0 Å². The fourth-order valence-electron chi connectivity index (χ4n) is 0.701. The summed E-state index contributed by atoms with van der Waals surface area (Å²) in [5.74, 6) is 0. The summed E-state index contributed by atoms with van der Waals surface area (Å²) in [6.45, 7) is 12.3. The Kier molecular flexibility index (Phi) is 16.7. The standard InChI is InChI=1S/C8H8.C4H7N.C4H6/c1-2-8-6-4-3-5-7-8;1-2-3-4-5;1-3-4-2/h2-7H,1H2;2-3H2,1H3;3-4H,1-2H2. The number of hydrogen-bond donors (Lipinski definition) is 0. The number of allylic oxidation sites excluding steroid dienone is 2.